The molecule has 1 aliphatic rings. The van der Waals surface area contributed by atoms with E-state index >= 15 is 0 Å². The highest BCUT2D eigenvalue weighted by Gasteiger charge is 2.19. The summed E-state index contributed by atoms with van der Waals surface area (Å²) in [6.07, 6.45) is 4.92. The molecule has 2 aromatic rings. The summed E-state index contributed by atoms with van der Waals surface area (Å²) in [7, 11) is 0. The zero-order valence-electron chi connectivity index (χ0n) is 10.3. The van der Waals surface area contributed by atoms with Gasteiger partial charge in [-0.25, -0.2) is 9.50 Å². The summed E-state index contributed by atoms with van der Waals surface area (Å²) in [5.41, 5.74) is 6.74. The second-order valence-corrected chi connectivity index (χ2v) is 4.69. The van der Waals surface area contributed by atoms with E-state index in [1.165, 1.54) is 18.5 Å². The molecule has 3 rings (SSSR count). The predicted molar refractivity (Wildman–Crippen MR) is 68.4 cm³/mol. The quantitative estimate of drug-likeness (QED) is 0.802. The highest BCUT2D eigenvalue weighted by molar-refractivity contribution is 5.30. The SMILES string of the molecule is NCCc1nc2nccc(C3CCCNC3)n2n1. The summed E-state index contributed by atoms with van der Waals surface area (Å²) in [4.78, 5) is 8.67. The molecule has 96 valence electrons. The van der Waals surface area contributed by atoms with Crippen LogP contribution in [0.15, 0.2) is 12.3 Å². The Labute approximate surface area is 106 Å². The van der Waals surface area contributed by atoms with Gasteiger partial charge in [0.15, 0.2) is 5.82 Å². The lowest BCUT2D eigenvalue weighted by molar-refractivity contribution is 0.448. The molecule has 0 aromatic carbocycles. The molecule has 1 atom stereocenters. The Morgan fingerprint density at radius 1 is 1.50 bits per heavy atom. The first-order valence-electron chi connectivity index (χ1n) is 6.50. The van der Waals surface area contributed by atoms with E-state index in [0.717, 1.165) is 18.9 Å². The molecular formula is C12H18N6. The Kier molecular flexibility index (Phi) is 3.21. The van der Waals surface area contributed by atoms with Crippen LogP contribution in [-0.2, 0) is 6.42 Å². The van der Waals surface area contributed by atoms with Gasteiger partial charge in [-0.15, -0.1) is 5.10 Å². The number of nitrogens with one attached hydrogen (secondary N) is 1. The van der Waals surface area contributed by atoms with Crippen LogP contribution in [0, 0.1) is 0 Å². The van der Waals surface area contributed by atoms with E-state index in [4.69, 9.17) is 5.73 Å². The van der Waals surface area contributed by atoms with Gasteiger partial charge in [-0.2, -0.15) is 4.98 Å². The monoisotopic (exact) mass is 246 g/mol. The molecule has 1 saturated heterocycles. The van der Waals surface area contributed by atoms with Crippen molar-refractivity contribution in [3.63, 3.8) is 0 Å². The van der Waals surface area contributed by atoms with Crippen molar-refractivity contribution >= 4 is 5.78 Å². The van der Waals surface area contributed by atoms with Gasteiger partial charge in [-0.05, 0) is 32.0 Å². The van der Waals surface area contributed by atoms with Gasteiger partial charge in [0, 0.05) is 25.1 Å². The third kappa shape index (κ3) is 2.09. The van der Waals surface area contributed by atoms with E-state index < -0.39 is 0 Å². The van der Waals surface area contributed by atoms with Gasteiger partial charge in [0.1, 0.15) is 0 Å². The van der Waals surface area contributed by atoms with Gasteiger partial charge in [-0.3, -0.25) is 0 Å². The number of piperidine rings is 1. The van der Waals surface area contributed by atoms with E-state index in [1.54, 1.807) is 0 Å². The molecule has 0 amide bonds. The summed E-state index contributed by atoms with van der Waals surface area (Å²) in [5, 5.41) is 7.94. The van der Waals surface area contributed by atoms with Gasteiger partial charge >= 0.3 is 0 Å². The molecule has 6 nitrogen and oxygen atoms in total. The zero-order valence-corrected chi connectivity index (χ0v) is 10.3. The first kappa shape index (κ1) is 11.6. The second kappa shape index (κ2) is 4.99. The Morgan fingerprint density at radius 2 is 2.44 bits per heavy atom. The molecule has 1 unspecified atom stereocenters. The maximum atomic E-state index is 5.54. The number of aromatic nitrogens is 4. The van der Waals surface area contributed by atoms with Gasteiger partial charge < -0.3 is 11.1 Å². The summed E-state index contributed by atoms with van der Waals surface area (Å²) in [6.45, 7) is 2.68. The lowest BCUT2D eigenvalue weighted by Gasteiger charge is -2.22. The van der Waals surface area contributed by atoms with Crippen molar-refractivity contribution < 1.29 is 0 Å². The topological polar surface area (TPSA) is 81.1 Å². The first-order chi connectivity index (χ1) is 8.88. The maximum Gasteiger partial charge on any atom is 0.252 e. The molecule has 0 radical (unpaired) electrons. The highest BCUT2D eigenvalue weighted by Crippen LogP contribution is 2.22. The smallest absolute Gasteiger partial charge is 0.252 e. The van der Waals surface area contributed by atoms with E-state index in [2.05, 4.69) is 20.4 Å². The fraction of sp³-hybridized carbons (Fsp3) is 0.583. The van der Waals surface area contributed by atoms with Crippen LogP contribution in [0.4, 0.5) is 0 Å². The standard InChI is InChI=1S/C12H18N6/c13-5-3-11-16-12-15-7-4-10(18(12)17-11)9-2-1-6-14-8-9/h4,7,9,14H,1-3,5-6,8,13H2. The molecule has 3 N–H and O–H groups in total. The van der Waals surface area contributed by atoms with E-state index in [9.17, 15) is 0 Å². The minimum Gasteiger partial charge on any atom is -0.330 e. The minimum atomic E-state index is 0.497. The second-order valence-electron chi connectivity index (χ2n) is 4.69. The van der Waals surface area contributed by atoms with E-state index in [1.807, 2.05) is 16.8 Å². The highest BCUT2D eigenvalue weighted by atomic mass is 15.3. The van der Waals surface area contributed by atoms with Crippen LogP contribution in [0.3, 0.4) is 0 Å². The molecule has 0 spiro atoms. The van der Waals surface area contributed by atoms with Gasteiger partial charge in [-0.1, -0.05) is 0 Å². The molecule has 0 bridgehead atoms. The molecule has 0 aliphatic carbocycles. The Balaban J connectivity index is 1.99. The lowest BCUT2D eigenvalue weighted by atomic mass is 9.96. The van der Waals surface area contributed by atoms with Crippen LogP contribution in [0.2, 0.25) is 0 Å². The number of hydrogen-bond donors (Lipinski definition) is 2. The summed E-state index contributed by atoms with van der Waals surface area (Å²) < 4.78 is 1.88. The first-order valence-corrected chi connectivity index (χ1v) is 6.50. The summed E-state index contributed by atoms with van der Waals surface area (Å²) in [5.74, 6) is 1.96. The van der Waals surface area contributed by atoms with Crippen LogP contribution in [0.1, 0.15) is 30.3 Å². The minimum absolute atomic E-state index is 0.497. The normalized spacial score (nSPS) is 20.4. The molecule has 1 fully saturated rings. The van der Waals surface area contributed by atoms with Crippen molar-refractivity contribution in [2.24, 2.45) is 5.73 Å². The fourth-order valence-corrected chi connectivity index (χ4v) is 2.50. The van der Waals surface area contributed by atoms with Crippen molar-refractivity contribution in [1.29, 1.82) is 0 Å². The molecular weight excluding hydrogens is 228 g/mol. The Morgan fingerprint density at radius 3 is 3.22 bits per heavy atom. The number of hydrogen-bond acceptors (Lipinski definition) is 5. The van der Waals surface area contributed by atoms with Crippen molar-refractivity contribution in [2.75, 3.05) is 19.6 Å². The summed E-state index contributed by atoms with van der Waals surface area (Å²) in [6, 6.07) is 2.05. The van der Waals surface area contributed by atoms with E-state index in [-0.39, 0.29) is 0 Å². The third-order valence-corrected chi connectivity index (χ3v) is 3.40. The third-order valence-electron chi connectivity index (χ3n) is 3.40. The number of nitrogens with two attached hydrogens (primary N) is 1. The van der Waals surface area contributed by atoms with Gasteiger partial charge in [0.25, 0.3) is 5.78 Å². The van der Waals surface area contributed by atoms with Crippen LogP contribution in [-0.4, -0.2) is 39.2 Å². The molecule has 2 aromatic heterocycles. The predicted octanol–water partition coefficient (Wildman–Crippen LogP) is 0.0925. The average Bonchev–Trinajstić information content (AvgIpc) is 2.82. The van der Waals surface area contributed by atoms with Crippen LogP contribution in [0.25, 0.3) is 5.78 Å². The largest absolute Gasteiger partial charge is 0.330 e. The number of nitrogens with zero attached hydrogens (tertiary/aromatic N) is 4. The van der Waals surface area contributed by atoms with Crippen molar-refractivity contribution in [3.05, 3.63) is 23.8 Å². The van der Waals surface area contributed by atoms with Crippen LogP contribution in [0.5, 0.6) is 0 Å². The van der Waals surface area contributed by atoms with E-state index in [0.29, 0.717) is 24.7 Å². The summed E-state index contributed by atoms with van der Waals surface area (Å²) >= 11 is 0. The maximum absolute atomic E-state index is 5.54. The fourth-order valence-electron chi connectivity index (χ4n) is 2.50. The zero-order chi connectivity index (χ0) is 12.4. The Hall–Kier alpha value is -1.53. The van der Waals surface area contributed by atoms with Crippen molar-refractivity contribution in [3.8, 4) is 0 Å². The number of fused-ring (bicyclic) bond motifs is 1. The Bertz CT molecular complexity index is 528. The molecule has 0 saturated carbocycles. The molecule has 1 aliphatic heterocycles. The molecule has 6 heteroatoms. The van der Waals surface area contributed by atoms with Crippen LogP contribution >= 0.6 is 0 Å². The number of rotatable bonds is 3. The van der Waals surface area contributed by atoms with Crippen molar-refractivity contribution in [2.45, 2.75) is 25.2 Å². The van der Waals surface area contributed by atoms with Gasteiger partial charge in [0.05, 0.1) is 5.69 Å². The molecule has 18 heavy (non-hydrogen) atoms. The van der Waals surface area contributed by atoms with Crippen molar-refractivity contribution in [1.82, 2.24) is 24.9 Å². The molecule has 3 heterocycles. The average molecular weight is 246 g/mol. The van der Waals surface area contributed by atoms with Gasteiger partial charge in [0.2, 0.25) is 0 Å². The van der Waals surface area contributed by atoms with Crippen LogP contribution < -0.4 is 11.1 Å². The lowest BCUT2D eigenvalue weighted by Crippen LogP contribution is -2.29.